The molecule has 0 saturated heterocycles. The van der Waals surface area contributed by atoms with Crippen LogP contribution in [-0.4, -0.2) is 33.8 Å². The quantitative estimate of drug-likeness (QED) is 0.533. The van der Waals surface area contributed by atoms with Gasteiger partial charge in [-0.05, 0) is 42.8 Å². The molecule has 8 heteroatoms. The Morgan fingerprint density at radius 1 is 1.00 bits per heavy atom. The molecule has 0 aliphatic rings. The van der Waals surface area contributed by atoms with Crippen LogP contribution in [0.1, 0.15) is 18.1 Å². The Morgan fingerprint density at radius 2 is 1.64 bits per heavy atom. The number of benzene rings is 2. The SMILES string of the molecule is CCOc1c(OC)cc(CNC(=NC)NCc2cc(F)ccc2F)cc1OC. The molecule has 0 fully saturated rings. The molecule has 28 heavy (non-hydrogen) atoms. The molecule has 0 bridgehead atoms. The van der Waals surface area contributed by atoms with Gasteiger partial charge in [0.2, 0.25) is 5.75 Å². The van der Waals surface area contributed by atoms with Gasteiger partial charge < -0.3 is 24.8 Å². The highest BCUT2D eigenvalue weighted by Gasteiger charge is 2.14. The molecule has 2 rings (SSSR count). The lowest BCUT2D eigenvalue weighted by Crippen LogP contribution is -2.36. The Labute approximate surface area is 163 Å². The van der Waals surface area contributed by atoms with Crippen molar-refractivity contribution in [3.8, 4) is 17.2 Å². The first kappa shape index (κ1) is 21.3. The van der Waals surface area contributed by atoms with Gasteiger partial charge in [0.15, 0.2) is 17.5 Å². The molecule has 0 aromatic heterocycles. The van der Waals surface area contributed by atoms with Crippen LogP contribution < -0.4 is 24.8 Å². The zero-order valence-corrected chi connectivity index (χ0v) is 16.4. The van der Waals surface area contributed by atoms with Gasteiger partial charge in [-0.1, -0.05) is 0 Å². The molecule has 152 valence electrons. The minimum Gasteiger partial charge on any atom is -0.493 e. The molecule has 0 unspecified atom stereocenters. The van der Waals surface area contributed by atoms with Gasteiger partial charge in [-0.3, -0.25) is 4.99 Å². The highest BCUT2D eigenvalue weighted by molar-refractivity contribution is 5.79. The van der Waals surface area contributed by atoms with Gasteiger partial charge in [0.1, 0.15) is 11.6 Å². The van der Waals surface area contributed by atoms with E-state index < -0.39 is 11.6 Å². The summed E-state index contributed by atoms with van der Waals surface area (Å²) in [5.74, 6) is 1.13. The van der Waals surface area contributed by atoms with Crippen LogP contribution >= 0.6 is 0 Å². The van der Waals surface area contributed by atoms with Crippen molar-refractivity contribution in [2.45, 2.75) is 20.0 Å². The van der Waals surface area contributed by atoms with Crippen molar-refractivity contribution in [1.29, 1.82) is 0 Å². The van der Waals surface area contributed by atoms with E-state index in [9.17, 15) is 8.78 Å². The summed E-state index contributed by atoms with van der Waals surface area (Å²) in [4.78, 5) is 4.09. The summed E-state index contributed by atoms with van der Waals surface area (Å²) in [5.41, 5.74) is 1.09. The van der Waals surface area contributed by atoms with Crippen molar-refractivity contribution in [2.24, 2.45) is 4.99 Å². The van der Waals surface area contributed by atoms with Crippen molar-refractivity contribution in [3.05, 3.63) is 53.1 Å². The summed E-state index contributed by atoms with van der Waals surface area (Å²) < 4.78 is 43.4. The molecule has 2 N–H and O–H groups in total. The first-order valence-corrected chi connectivity index (χ1v) is 8.78. The topological polar surface area (TPSA) is 64.1 Å². The second-order valence-electron chi connectivity index (χ2n) is 5.78. The minimum absolute atomic E-state index is 0.0964. The van der Waals surface area contributed by atoms with Crippen LogP contribution in [0.25, 0.3) is 0 Å². The van der Waals surface area contributed by atoms with Crippen LogP contribution in [0.4, 0.5) is 8.78 Å². The summed E-state index contributed by atoms with van der Waals surface area (Å²) in [5, 5.41) is 6.07. The maximum atomic E-state index is 13.7. The van der Waals surface area contributed by atoms with Gasteiger partial charge in [0, 0.05) is 25.7 Å². The standard InChI is InChI=1S/C20H25F2N3O3/c1-5-28-19-17(26-3)8-13(9-18(19)27-4)11-24-20(23-2)25-12-14-10-15(21)6-7-16(14)22/h6-10H,5,11-12H2,1-4H3,(H2,23,24,25). The number of nitrogens with one attached hydrogen (secondary N) is 2. The van der Waals surface area contributed by atoms with Crippen molar-refractivity contribution in [3.63, 3.8) is 0 Å². The zero-order valence-electron chi connectivity index (χ0n) is 16.4. The number of guanidine groups is 1. The second kappa shape index (κ2) is 10.3. The maximum absolute atomic E-state index is 13.7. The largest absolute Gasteiger partial charge is 0.493 e. The fourth-order valence-electron chi connectivity index (χ4n) is 2.59. The highest BCUT2D eigenvalue weighted by atomic mass is 19.1. The van der Waals surface area contributed by atoms with Crippen LogP contribution in [0.5, 0.6) is 17.2 Å². The first-order chi connectivity index (χ1) is 13.5. The lowest BCUT2D eigenvalue weighted by molar-refractivity contribution is 0.288. The Morgan fingerprint density at radius 3 is 2.21 bits per heavy atom. The predicted octanol–water partition coefficient (Wildman–Crippen LogP) is 3.25. The Balaban J connectivity index is 2.05. The van der Waals surface area contributed by atoms with Crippen LogP contribution in [0.2, 0.25) is 0 Å². The first-order valence-electron chi connectivity index (χ1n) is 8.78. The predicted molar refractivity (Wildman–Crippen MR) is 104 cm³/mol. The molecule has 2 aromatic rings. The van der Waals surface area contributed by atoms with E-state index in [2.05, 4.69) is 15.6 Å². The lowest BCUT2D eigenvalue weighted by Gasteiger charge is -2.17. The lowest BCUT2D eigenvalue weighted by atomic mass is 10.1. The molecule has 0 amide bonds. The highest BCUT2D eigenvalue weighted by Crippen LogP contribution is 2.38. The molecule has 6 nitrogen and oxygen atoms in total. The second-order valence-corrected chi connectivity index (χ2v) is 5.78. The third-order valence-corrected chi connectivity index (χ3v) is 3.95. The molecule has 0 saturated carbocycles. The van der Waals surface area contributed by atoms with Crippen molar-refractivity contribution < 1.29 is 23.0 Å². The maximum Gasteiger partial charge on any atom is 0.203 e. The number of aliphatic imine (C=N–C) groups is 1. The van der Waals surface area contributed by atoms with Gasteiger partial charge in [0.25, 0.3) is 0 Å². The van der Waals surface area contributed by atoms with E-state index in [0.29, 0.717) is 36.4 Å². The number of rotatable bonds is 8. The number of halogens is 2. The zero-order chi connectivity index (χ0) is 20.5. The molecule has 0 aliphatic carbocycles. The van der Waals surface area contributed by atoms with E-state index in [1.807, 2.05) is 19.1 Å². The Kier molecular flexibility index (Phi) is 7.86. The average Bonchev–Trinajstić information content (AvgIpc) is 2.71. The molecule has 0 heterocycles. The third kappa shape index (κ3) is 5.48. The van der Waals surface area contributed by atoms with Crippen molar-refractivity contribution >= 4 is 5.96 Å². The normalized spacial score (nSPS) is 11.1. The Bertz CT molecular complexity index is 803. The molecule has 0 spiro atoms. The van der Waals surface area contributed by atoms with Crippen molar-refractivity contribution in [1.82, 2.24) is 10.6 Å². The van der Waals surface area contributed by atoms with Gasteiger partial charge >= 0.3 is 0 Å². The molecule has 0 aliphatic heterocycles. The number of hydrogen-bond donors (Lipinski definition) is 2. The fraction of sp³-hybridized carbons (Fsp3) is 0.350. The van der Waals surface area contributed by atoms with Crippen LogP contribution in [0.3, 0.4) is 0 Å². The smallest absolute Gasteiger partial charge is 0.203 e. The fourth-order valence-corrected chi connectivity index (χ4v) is 2.59. The summed E-state index contributed by atoms with van der Waals surface area (Å²) >= 11 is 0. The molecule has 0 atom stereocenters. The van der Waals surface area contributed by atoms with Gasteiger partial charge in [-0.15, -0.1) is 0 Å². The monoisotopic (exact) mass is 393 g/mol. The minimum atomic E-state index is -0.491. The molecule has 0 radical (unpaired) electrons. The summed E-state index contributed by atoms with van der Waals surface area (Å²) in [6.45, 7) is 2.87. The Hall–Kier alpha value is -3.03. The number of nitrogens with zero attached hydrogens (tertiary/aromatic N) is 1. The molecule has 2 aromatic carbocycles. The van der Waals surface area contributed by atoms with Crippen LogP contribution in [0.15, 0.2) is 35.3 Å². The van der Waals surface area contributed by atoms with Gasteiger partial charge in [-0.2, -0.15) is 0 Å². The van der Waals surface area contributed by atoms with Crippen LogP contribution in [0, 0.1) is 11.6 Å². The van der Waals surface area contributed by atoms with E-state index in [4.69, 9.17) is 14.2 Å². The average molecular weight is 393 g/mol. The van der Waals surface area contributed by atoms with Crippen LogP contribution in [-0.2, 0) is 13.1 Å². The number of methoxy groups -OCH3 is 2. The van der Waals surface area contributed by atoms with Gasteiger partial charge in [0.05, 0.1) is 20.8 Å². The molecular formula is C20H25F2N3O3. The van der Waals surface area contributed by atoms with E-state index in [0.717, 1.165) is 23.8 Å². The number of hydrogen-bond acceptors (Lipinski definition) is 4. The summed E-state index contributed by atoms with van der Waals surface area (Å²) in [7, 11) is 4.71. The summed E-state index contributed by atoms with van der Waals surface area (Å²) in [6.07, 6.45) is 0. The molecular weight excluding hydrogens is 368 g/mol. The third-order valence-electron chi connectivity index (χ3n) is 3.95. The van der Waals surface area contributed by atoms with E-state index in [1.165, 1.54) is 0 Å². The van der Waals surface area contributed by atoms with E-state index >= 15 is 0 Å². The summed E-state index contributed by atoms with van der Waals surface area (Å²) in [6, 6.07) is 7.00. The van der Waals surface area contributed by atoms with E-state index in [-0.39, 0.29) is 12.1 Å². The van der Waals surface area contributed by atoms with Crippen molar-refractivity contribution in [2.75, 3.05) is 27.9 Å². The van der Waals surface area contributed by atoms with Gasteiger partial charge in [-0.25, -0.2) is 8.78 Å². The number of ether oxygens (including phenoxy) is 3. The van der Waals surface area contributed by atoms with E-state index in [1.54, 1.807) is 21.3 Å².